The van der Waals surface area contributed by atoms with Crippen LogP contribution in [0.3, 0.4) is 0 Å². The quantitative estimate of drug-likeness (QED) is 0.625. The third kappa shape index (κ3) is 5.91. The summed E-state index contributed by atoms with van der Waals surface area (Å²) in [5, 5.41) is 0. The van der Waals surface area contributed by atoms with Gasteiger partial charge in [0, 0.05) is 14.0 Å². The standard InChI is InChI=1S/C24H28O7/c1-15-10-12-19(13-11-15)23(26)31-20-16(2)29-24(27-4)22(30-17(3)25)21(20)28-14-18-8-6-5-7-9-18/h5-13,16,20-22,24H,14H2,1-4H3/t16-,20-,21+,22+,24+/m0/s1. The van der Waals surface area contributed by atoms with Crippen molar-refractivity contribution in [2.45, 2.75) is 58.1 Å². The lowest BCUT2D eigenvalue weighted by Gasteiger charge is -2.43. The van der Waals surface area contributed by atoms with Gasteiger partial charge in [-0.15, -0.1) is 0 Å². The molecule has 1 aliphatic heterocycles. The summed E-state index contributed by atoms with van der Waals surface area (Å²) >= 11 is 0. The zero-order valence-corrected chi connectivity index (χ0v) is 18.1. The molecule has 31 heavy (non-hydrogen) atoms. The van der Waals surface area contributed by atoms with E-state index in [1.807, 2.05) is 49.4 Å². The van der Waals surface area contributed by atoms with E-state index in [-0.39, 0.29) is 6.61 Å². The van der Waals surface area contributed by atoms with E-state index in [0.717, 1.165) is 11.1 Å². The lowest BCUT2D eigenvalue weighted by atomic mass is 9.98. The highest BCUT2D eigenvalue weighted by Crippen LogP contribution is 2.30. The Hall–Kier alpha value is -2.74. The van der Waals surface area contributed by atoms with Crippen molar-refractivity contribution >= 4 is 11.9 Å². The van der Waals surface area contributed by atoms with Crippen LogP contribution in [0.2, 0.25) is 0 Å². The fourth-order valence-electron chi connectivity index (χ4n) is 3.48. The summed E-state index contributed by atoms with van der Waals surface area (Å²) in [5.74, 6) is -1.02. The Morgan fingerprint density at radius 3 is 2.23 bits per heavy atom. The molecule has 1 fully saturated rings. The lowest BCUT2D eigenvalue weighted by Crippen LogP contribution is -2.60. The predicted molar refractivity (Wildman–Crippen MR) is 112 cm³/mol. The minimum absolute atomic E-state index is 0.241. The number of hydrogen-bond acceptors (Lipinski definition) is 7. The molecular weight excluding hydrogens is 400 g/mol. The van der Waals surface area contributed by atoms with Gasteiger partial charge < -0.3 is 23.7 Å². The maximum absolute atomic E-state index is 12.8. The fraction of sp³-hybridized carbons (Fsp3) is 0.417. The van der Waals surface area contributed by atoms with Gasteiger partial charge >= 0.3 is 11.9 Å². The van der Waals surface area contributed by atoms with Crippen LogP contribution in [0, 0.1) is 6.92 Å². The van der Waals surface area contributed by atoms with E-state index in [2.05, 4.69) is 0 Å². The first-order valence-electron chi connectivity index (χ1n) is 10.2. The van der Waals surface area contributed by atoms with Crippen molar-refractivity contribution in [2.24, 2.45) is 0 Å². The van der Waals surface area contributed by atoms with Crippen LogP contribution in [0.15, 0.2) is 54.6 Å². The number of rotatable bonds is 7. The van der Waals surface area contributed by atoms with E-state index in [1.165, 1.54) is 14.0 Å². The van der Waals surface area contributed by atoms with Crippen molar-refractivity contribution in [3.8, 4) is 0 Å². The van der Waals surface area contributed by atoms with Gasteiger partial charge in [0.15, 0.2) is 18.5 Å². The first-order valence-corrected chi connectivity index (χ1v) is 10.2. The van der Waals surface area contributed by atoms with Crippen molar-refractivity contribution < 1.29 is 33.3 Å². The van der Waals surface area contributed by atoms with Gasteiger partial charge in [0.25, 0.3) is 0 Å². The number of carbonyl (C=O) groups excluding carboxylic acids is 2. The second-order valence-corrected chi connectivity index (χ2v) is 7.52. The molecule has 5 atom stereocenters. The molecule has 7 nitrogen and oxygen atoms in total. The summed E-state index contributed by atoms with van der Waals surface area (Å²) in [7, 11) is 1.46. The van der Waals surface area contributed by atoms with E-state index >= 15 is 0 Å². The number of methoxy groups -OCH3 is 1. The molecule has 0 unspecified atom stereocenters. The smallest absolute Gasteiger partial charge is 0.338 e. The molecule has 1 aliphatic rings. The van der Waals surface area contributed by atoms with Gasteiger partial charge in [0.1, 0.15) is 6.10 Å². The topological polar surface area (TPSA) is 80.3 Å². The average molecular weight is 428 g/mol. The largest absolute Gasteiger partial charge is 0.454 e. The summed E-state index contributed by atoms with van der Waals surface area (Å²) in [6.07, 6.45) is -3.90. The third-order valence-corrected chi connectivity index (χ3v) is 5.08. The molecule has 0 amide bonds. The zero-order valence-electron chi connectivity index (χ0n) is 18.1. The molecular formula is C24H28O7. The molecule has 1 heterocycles. The van der Waals surface area contributed by atoms with Crippen molar-refractivity contribution in [1.82, 2.24) is 0 Å². The number of hydrogen-bond donors (Lipinski definition) is 0. The number of benzene rings is 2. The minimum atomic E-state index is -0.904. The number of ether oxygens (including phenoxy) is 5. The van der Waals surface area contributed by atoms with Crippen molar-refractivity contribution in [3.05, 3.63) is 71.3 Å². The first kappa shape index (κ1) is 22.9. The monoisotopic (exact) mass is 428 g/mol. The van der Waals surface area contributed by atoms with Crippen molar-refractivity contribution in [3.63, 3.8) is 0 Å². The molecule has 0 aromatic heterocycles. The Balaban J connectivity index is 1.85. The van der Waals surface area contributed by atoms with Crippen molar-refractivity contribution in [2.75, 3.05) is 7.11 Å². The van der Waals surface area contributed by atoms with Gasteiger partial charge in [-0.3, -0.25) is 4.79 Å². The highest BCUT2D eigenvalue weighted by molar-refractivity contribution is 5.89. The molecule has 7 heteroatoms. The maximum Gasteiger partial charge on any atom is 0.338 e. The van der Waals surface area contributed by atoms with Crippen LogP contribution in [-0.4, -0.2) is 49.8 Å². The van der Waals surface area contributed by atoms with Crippen LogP contribution >= 0.6 is 0 Å². The van der Waals surface area contributed by atoms with Crippen LogP contribution in [0.5, 0.6) is 0 Å². The van der Waals surface area contributed by atoms with Crippen LogP contribution in [0.1, 0.15) is 35.3 Å². The summed E-state index contributed by atoms with van der Waals surface area (Å²) < 4.78 is 28.6. The minimum Gasteiger partial charge on any atom is -0.454 e. The Morgan fingerprint density at radius 2 is 1.61 bits per heavy atom. The predicted octanol–water partition coefficient (Wildman–Crippen LogP) is 3.43. The third-order valence-electron chi connectivity index (χ3n) is 5.08. The normalized spacial score (nSPS) is 25.6. The van der Waals surface area contributed by atoms with E-state index in [9.17, 15) is 9.59 Å². The molecule has 0 aliphatic carbocycles. The van der Waals surface area contributed by atoms with Gasteiger partial charge in [-0.25, -0.2) is 4.79 Å². The summed E-state index contributed by atoms with van der Waals surface area (Å²) in [6, 6.07) is 16.6. The van der Waals surface area contributed by atoms with E-state index in [1.54, 1.807) is 19.1 Å². The number of carbonyl (C=O) groups is 2. The van der Waals surface area contributed by atoms with Gasteiger partial charge in [-0.2, -0.15) is 0 Å². The fourth-order valence-corrected chi connectivity index (χ4v) is 3.48. The summed E-state index contributed by atoms with van der Waals surface area (Å²) in [4.78, 5) is 24.6. The molecule has 0 saturated carbocycles. The second kappa shape index (κ2) is 10.5. The Kier molecular flexibility index (Phi) is 7.79. The molecule has 3 rings (SSSR count). The van der Waals surface area contributed by atoms with Crippen LogP contribution < -0.4 is 0 Å². The van der Waals surface area contributed by atoms with E-state index in [4.69, 9.17) is 23.7 Å². The van der Waals surface area contributed by atoms with E-state index in [0.29, 0.717) is 5.56 Å². The Bertz CT molecular complexity index is 865. The van der Waals surface area contributed by atoms with Crippen LogP contribution in [0.25, 0.3) is 0 Å². The van der Waals surface area contributed by atoms with Crippen molar-refractivity contribution in [1.29, 1.82) is 0 Å². The maximum atomic E-state index is 12.8. The highest BCUT2D eigenvalue weighted by atomic mass is 16.7. The molecule has 2 aromatic carbocycles. The van der Waals surface area contributed by atoms with Gasteiger partial charge in [0.2, 0.25) is 0 Å². The zero-order chi connectivity index (χ0) is 22.4. The van der Waals surface area contributed by atoms with E-state index < -0.39 is 42.6 Å². The SMILES string of the molecule is CO[C@@H]1O[C@@H](C)[C@H](OC(=O)c2ccc(C)cc2)[C@@H](OCc2ccccc2)[C@H]1OC(C)=O. The Labute approximate surface area is 182 Å². The van der Waals surface area contributed by atoms with Gasteiger partial charge in [0.05, 0.1) is 18.3 Å². The molecule has 0 spiro atoms. The van der Waals surface area contributed by atoms with Gasteiger partial charge in [-0.1, -0.05) is 48.0 Å². The molecule has 166 valence electrons. The number of aryl methyl sites for hydroxylation is 1. The average Bonchev–Trinajstić information content (AvgIpc) is 2.76. The first-order chi connectivity index (χ1) is 14.9. The summed E-state index contributed by atoms with van der Waals surface area (Å²) in [5.41, 5.74) is 2.38. The summed E-state index contributed by atoms with van der Waals surface area (Å²) in [6.45, 7) is 5.24. The Morgan fingerprint density at radius 1 is 0.935 bits per heavy atom. The molecule has 0 radical (unpaired) electrons. The van der Waals surface area contributed by atoms with Crippen LogP contribution in [-0.2, 0) is 35.1 Å². The van der Waals surface area contributed by atoms with Gasteiger partial charge in [-0.05, 0) is 31.5 Å². The lowest BCUT2D eigenvalue weighted by molar-refractivity contribution is -0.298. The molecule has 0 N–H and O–H groups in total. The van der Waals surface area contributed by atoms with Crippen LogP contribution in [0.4, 0.5) is 0 Å². The molecule has 2 aromatic rings. The molecule has 1 saturated heterocycles. The highest BCUT2D eigenvalue weighted by Gasteiger charge is 2.49. The molecule has 0 bridgehead atoms. The number of esters is 2. The second-order valence-electron chi connectivity index (χ2n) is 7.52.